The SMILES string of the molecule is CCCCN1C(=O)N(C)C(=O)C1(S)CC. The summed E-state index contributed by atoms with van der Waals surface area (Å²) in [5.41, 5.74) is 0. The molecule has 15 heavy (non-hydrogen) atoms. The topological polar surface area (TPSA) is 40.6 Å². The standard InChI is InChI=1S/C10H18N2O2S/c1-4-6-7-12-9(14)11(3)8(13)10(12,15)5-2/h15H,4-7H2,1-3H3. The molecule has 0 radical (unpaired) electrons. The van der Waals surface area contributed by atoms with Crippen LogP contribution in [-0.4, -0.2) is 40.2 Å². The van der Waals surface area contributed by atoms with Crippen molar-refractivity contribution >= 4 is 24.6 Å². The fourth-order valence-electron chi connectivity index (χ4n) is 1.75. The minimum atomic E-state index is -0.930. The van der Waals surface area contributed by atoms with Crippen molar-refractivity contribution in [2.24, 2.45) is 0 Å². The Morgan fingerprint density at radius 2 is 1.93 bits per heavy atom. The summed E-state index contributed by atoms with van der Waals surface area (Å²) in [6.45, 7) is 4.53. The summed E-state index contributed by atoms with van der Waals surface area (Å²) in [5.74, 6) is -0.213. The number of rotatable bonds is 4. The molecule has 1 heterocycles. The molecule has 1 aliphatic rings. The maximum Gasteiger partial charge on any atom is 0.328 e. The van der Waals surface area contributed by atoms with E-state index >= 15 is 0 Å². The lowest BCUT2D eigenvalue weighted by molar-refractivity contribution is -0.128. The minimum absolute atomic E-state index is 0.213. The predicted molar refractivity (Wildman–Crippen MR) is 61.8 cm³/mol. The largest absolute Gasteiger partial charge is 0.328 e. The van der Waals surface area contributed by atoms with Crippen LogP contribution in [0, 0.1) is 0 Å². The number of urea groups is 1. The number of unbranched alkanes of at least 4 members (excludes halogenated alkanes) is 1. The average molecular weight is 230 g/mol. The molecular weight excluding hydrogens is 212 g/mol. The Bertz CT molecular complexity index is 283. The predicted octanol–water partition coefficient (Wildman–Crippen LogP) is 1.72. The van der Waals surface area contributed by atoms with Crippen molar-refractivity contribution in [2.75, 3.05) is 13.6 Å². The van der Waals surface area contributed by atoms with Gasteiger partial charge in [-0.05, 0) is 12.8 Å². The molecule has 0 bridgehead atoms. The second kappa shape index (κ2) is 4.43. The molecular formula is C10H18N2O2S. The van der Waals surface area contributed by atoms with Gasteiger partial charge in [-0.25, -0.2) is 4.79 Å². The number of thiol groups is 1. The number of likely N-dealkylation sites (N-methyl/N-ethyl adjacent to an activating group) is 1. The van der Waals surface area contributed by atoms with Crippen molar-refractivity contribution in [1.82, 2.24) is 9.80 Å². The summed E-state index contributed by atoms with van der Waals surface area (Å²) in [7, 11) is 1.51. The van der Waals surface area contributed by atoms with Gasteiger partial charge in [0.05, 0.1) is 0 Å². The van der Waals surface area contributed by atoms with Crippen LogP contribution in [0.25, 0.3) is 0 Å². The lowest BCUT2D eigenvalue weighted by atomic mass is 10.2. The van der Waals surface area contributed by atoms with Crippen molar-refractivity contribution in [3.63, 3.8) is 0 Å². The van der Waals surface area contributed by atoms with Gasteiger partial charge in [0.2, 0.25) is 0 Å². The quantitative estimate of drug-likeness (QED) is 0.590. The van der Waals surface area contributed by atoms with E-state index < -0.39 is 4.87 Å². The third-order valence-electron chi connectivity index (χ3n) is 2.84. The zero-order valence-electron chi connectivity index (χ0n) is 9.49. The second-order valence-electron chi connectivity index (χ2n) is 3.82. The lowest BCUT2D eigenvalue weighted by Crippen LogP contribution is -2.44. The van der Waals surface area contributed by atoms with Crippen LogP contribution in [0.15, 0.2) is 0 Å². The Hall–Kier alpha value is -0.710. The molecule has 0 N–H and O–H groups in total. The Balaban J connectivity index is 2.91. The van der Waals surface area contributed by atoms with Gasteiger partial charge in [-0.1, -0.05) is 20.3 Å². The van der Waals surface area contributed by atoms with E-state index in [4.69, 9.17) is 0 Å². The van der Waals surface area contributed by atoms with E-state index in [-0.39, 0.29) is 11.9 Å². The zero-order chi connectivity index (χ0) is 11.6. The van der Waals surface area contributed by atoms with E-state index in [0.29, 0.717) is 13.0 Å². The van der Waals surface area contributed by atoms with E-state index in [1.165, 1.54) is 7.05 Å². The van der Waals surface area contributed by atoms with Crippen molar-refractivity contribution < 1.29 is 9.59 Å². The first kappa shape index (κ1) is 12.4. The number of amides is 3. The Morgan fingerprint density at radius 3 is 2.40 bits per heavy atom. The molecule has 0 saturated carbocycles. The van der Waals surface area contributed by atoms with Crippen LogP contribution < -0.4 is 0 Å². The highest BCUT2D eigenvalue weighted by molar-refractivity contribution is 7.82. The molecule has 1 rings (SSSR count). The van der Waals surface area contributed by atoms with Crippen LogP contribution in [0.4, 0.5) is 4.79 Å². The number of carbonyl (C=O) groups excluding carboxylic acids is 2. The van der Waals surface area contributed by atoms with Crippen LogP contribution in [-0.2, 0) is 4.79 Å². The van der Waals surface area contributed by atoms with Gasteiger partial charge in [0.25, 0.3) is 5.91 Å². The van der Waals surface area contributed by atoms with Gasteiger partial charge < -0.3 is 4.90 Å². The summed E-state index contributed by atoms with van der Waals surface area (Å²) in [6, 6.07) is -0.231. The van der Waals surface area contributed by atoms with Gasteiger partial charge in [0.15, 0.2) is 4.87 Å². The summed E-state index contributed by atoms with van der Waals surface area (Å²) in [5, 5.41) is 0. The van der Waals surface area contributed by atoms with Crippen molar-refractivity contribution in [2.45, 2.75) is 38.0 Å². The van der Waals surface area contributed by atoms with Crippen molar-refractivity contribution in [1.29, 1.82) is 0 Å². The average Bonchev–Trinajstić information content (AvgIpc) is 2.40. The van der Waals surface area contributed by atoms with Crippen molar-refractivity contribution in [3.05, 3.63) is 0 Å². The summed E-state index contributed by atoms with van der Waals surface area (Å²) in [6.07, 6.45) is 2.43. The molecule has 1 saturated heterocycles. The highest BCUT2D eigenvalue weighted by Gasteiger charge is 2.52. The molecule has 1 fully saturated rings. The fraction of sp³-hybridized carbons (Fsp3) is 0.800. The molecule has 0 aromatic heterocycles. The van der Waals surface area contributed by atoms with Gasteiger partial charge in [-0.2, -0.15) is 0 Å². The Labute approximate surface area is 96.0 Å². The smallest absolute Gasteiger partial charge is 0.301 e. The third-order valence-corrected chi connectivity index (χ3v) is 3.59. The number of hydrogen-bond donors (Lipinski definition) is 1. The first-order chi connectivity index (χ1) is 6.99. The Kier molecular flexibility index (Phi) is 3.65. The van der Waals surface area contributed by atoms with Crippen molar-refractivity contribution in [3.8, 4) is 0 Å². The monoisotopic (exact) mass is 230 g/mol. The molecule has 86 valence electrons. The van der Waals surface area contributed by atoms with Crippen LogP contribution >= 0.6 is 12.6 Å². The molecule has 0 aromatic carbocycles. The maximum atomic E-state index is 11.8. The number of carbonyl (C=O) groups is 2. The summed E-state index contributed by atoms with van der Waals surface area (Å²) >= 11 is 4.38. The second-order valence-corrected chi connectivity index (χ2v) is 4.56. The van der Waals surface area contributed by atoms with E-state index in [2.05, 4.69) is 19.6 Å². The molecule has 1 atom stereocenters. The van der Waals surface area contributed by atoms with Gasteiger partial charge in [-0.15, -0.1) is 12.6 Å². The fourth-order valence-corrected chi connectivity index (χ4v) is 2.08. The van der Waals surface area contributed by atoms with Crippen LogP contribution in [0.3, 0.4) is 0 Å². The normalized spacial score (nSPS) is 26.7. The highest BCUT2D eigenvalue weighted by Crippen LogP contribution is 2.33. The molecule has 0 spiro atoms. The van der Waals surface area contributed by atoms with Gasteiger partial charge in [0.1, 0.15) is 0 Å². The minimum Gasteiger partial charge on any atom is -0.301 e. The number of nitrogens with zero attached hydrogens (tertiary/aromatic N) is 2. The zero-order valence-corrected chi connectivity index (χ0v) is 10.4. The number of hydrogen-bond acceptors (Lipinski definition) is 3. The van der Waals surface area contributed by atoms with E-state index in [1.54, 1.807) is 4.90 Å². The first-order valence-electron chi connectivity index (χ1n) is 5.31. The van der Waals surface area contributed by atoms with Crippen LogP contribution in [0.2, 0.25) is 0 Å². The third kappa shape index (κ3) is 1.85. The van der Waals surface area contributed by atoms with Gasteiger partial charge in [0, 0.05) is 13.6 Å². The molecule has 4 nitrogen and oxygen atoms in total. The summed E-state index contributed by atoms with van der Waals surface area (Å²) < 4.78 is 0. The van der Waals surface area contributed by atoms with Gasteiger partial charge >= 0.3 is 6.03 Å². The number of imide groups is 1. The van der Waals surface area contributed by atoms with E-state index in [1.807, 2.05) is 6.92 Å². The molecule has 1 aliphatic heterocycles. The molecule has 0 aliphatic carbocycles. The van der Waals surface area contributed by atoms with E-state index in [0.717, 1.165) is 17.7 Å². The lowest BCUT2D eigenvalue weighted by Gasteiger charge is -2.29. The van der Waals surface area contributed by atoms with Crippen LogP contribution in [0.1, 0.15) is 33.1 Å². The highest BCUT2D eigenvalue weighted by atomic mass is 32.1. The van der Waals surface area contributed by atoms with E-state index in [9.17, 15) is 9.59 Å². The first-order valence-corrected chi connectivity index (χ1v) is 5.75. The maximum absolute atomic E-state index is 11.8. The molecule has 5 heteroatoms. The molecule has 0 aromatic rings. The molecule has 3 amide bonds. The van der Waals surface area contributed by atoms with Gasteiger partial charge in [-0.3, -0.25) is 9.69 Å². The summed E-state index contributed by atoms with van der Waals surface area (Å²) in [4.78, 5) is 25.4. The molecule has 1 unspecified atom stereocenters. The Morgan fingerprint density at radius 1 is 1.33 bits per heavy atom. The van der Waals surface area contributed by atoms with Crippen LogP contribution in [0.5, 0.6) is 0 Å².